The number of hydrogen-bond donors (Lipinski definition) is 24. The van der Waals surface area contributed by atoms with Gasteiger partial charge < -0.3 is 198 Å². The van der Waals surface area contributed by atoms with E-state index < -0.39 is 292 Å². The second-order valence-corrected chi connectivity index (χ2v) is 23.5. The monoisotopic (exact) mass is 1340 g/mol. The third-order valence-corrected chi connectivity index (χ3v) is 17.5. The van der Waals surface area contributed by atoms with E-state index in [1.807, 2.05) is 0 Å². The van der Waals surface area contributed by atoms with Crippen LogP contribution in [0.4, 0.5) is 0 Å². The lowest BCUT2D eigenvalue weighted by Crippen LogP contribution is -2.67. The fourth-order valence-corrected chi connectivity index (χ4v) is 11.9. The Kier molecular flexibility index (Phi) is 27.1. The summed E-state index contributed by atoms with van der Waals surface area (Å²) in [6, 6.07) is 0. The van der Waals surface area contributed by atoms with Crippen molar-refractivity contribution in [2.45, 2.75) is 246 Å². The highest BCUT2D eigenvalue weighted by Gasteiger charge is 2.58. The molecular formula is C51H88O40. The summed E-state index contributed by atoms with van der Waals surface area (Å²) in [5, 5.41) is 260. The first-order valence-corrected chi connectivity index (χ1v) is 29.3. The fraction of sp³-hybridized carbons (Fsp3) is 1.00. The lowest BCUT2D eigenvalue weighted by Gasteiger charge is -2.49. The summed E-state index contributed by atoms with van der Waals surface area (Å²) in [7, 11) is 2.33. The van der Waals surface area contributed by atoms with Crippen molar-refractivity contribution in [1.82, 2.24) is 0 Å². The van der Waals surface area contributed by atoms with Crippen molar-refractivity contribution in [1.29, 1.82) is 0 Å². The number of aliphatic hydroxyl groups is 24. The second kappa shape index (κ2) is 32.8. The zero-order chi connectivity index (χ0) is 66.8. The molecule has 0 bridgehead atoms. The first kappa shape index (κ1) is 75.2. The SMILES string of the molecule is COC[C@H]1OC(O[C@@H]2[C@@H](O[C@@H]3C(OC[C@H]4O[C@H](OC)[C@H](O)[C@@H](O)[C@H]4O)O[C@H](CO[C@@H]4O[C@@H](CO[C@@H]5C[C@@H](CO)[C@H](O)[C@@H](O)[C@H]5O[C@@H]5O[C@@H](CO)[C@H](O)C(O[C@@H]6O[C@@H](CO)[C@H](O)[C@@H](O)[C@H]6O)[C@H]5O)[C@@H](O)C(O)[C@@H]4O)[C@@H](O)C3O)O[C@H](CO)[C@@H](O)[C@@H]2O)[C@@H](O)[C@H](O)[C@@H]1O. The van der Waals surface area contributed by atoms with Gasteiger partial charge in [0.05, 0.1) is 58.5 Å². The van der Waals surface area contributed by atoms with Crippen LogP contribution in [0.3, 0.4) is 0 Å². The molecule has 1 aliphatic carbocycles. The largest absolute Gasteiger partial charge is 0.396 e. The van der Waals surface area contributed by atoms with Crippen molar-refractivity contribution in [3.05, 3.63) is 0 Å². The summed E-state index contributed by atoms with van der Waals surface area (Å²) in [5.41, 5.74) is 0. The molecule has 8 aliphatic rings. The summed E-state index contributed by atoms with van der Waals surface area (Å²) in [6.45, 7) is -6.60. The van der Waals surface area contributed by atoms with Gasteiger partial charge in [-0.1, -0.05) is 0 Å². The molecule has 0 amide bonds. The maximum absolute atomic E-state index is 11.9. The van der Waals surface area contributed by atoms with Crippen molar-refractivity contribution < 1.29 is 198 Å². The highest BCUT2D eigenvalue weighted by molar-refractivity contribution is 5.01. The lowest BCUT2D eigenvalue weighted by atomic mass is 9.81. The Hall–Kier alpha value is -1.60. The van der Waals surface area contributed by atoms with Crippen LogP contribution in [0.1, 0.15) is 6.42 Å². The van der Waals surface area contributed by atoms with Crippen LogP contribution in [0, 0.1) is 5.92 Å². The topological polar surface area (TPSA) is 633 Å². The molecule has 1 saturated carbocycles. The normalized spacial score (nSPS) is 52.7. The minimum Gasteiger partial charge on any atom is -0.396 e. The summed E-state index contributed by atoms with van der Waals surface area (Å²) in [4.78, 5) is 0. The molecule has 0 aromatic carbocycles. The predicted molar refractivity (Wildman–Crippen MR) is 277 cm³/mol. The van der Waals surface area contributed by atoms with Crippen molar-refractivity contribution in [3.63, 3.8) is 0 Å². The minimum absolute atomic E-state index is 0.363. The van der Waals surface area contributed by atoms with Gasteiger partial charge in [0, 0.05) is 26.7 Å². The van der Waals surface area contributed by atoms with Gasteiger partial charge in [0.1, 0.15) is 183 Å². The first-order chi connectivity index (χ1) is 43.2. The Morgan fingerprint density at radius 3 is 1.10 bits per heavy atom. The molecule has 0 radical (unpaired) electrons. The van der Waals surface area contributed by atoms with Gasteiger partial charge in [-0.2, -0.15) is 0 Å². The lowest BCUT2D eigenvalue weighted by molar-refractivity contribution is -0.397. The molecular weight excluding hydrogens is 1250 g/mol. The average Bonchev–Trinajstić information content (AvgIpc) is 0.843. The zero-order valence-corrected chi connectivity index (χ0v) is 48.7. The highest BCUT2D eigenvalue weighted by atomic mass is 16.8. The van der Waals surface area contributed by atoms with E-state index in [9.17, 15) is 123 Å². The molecule has 7 aliphatic heterocycles. The van der Waals surface area contributed by atoms with E-state index in [4.69, 9.17) is 75.8 Å². The molecule has 91 heavy (non-hydrogen) atoms. The number of rotatable bonds is 24. The van der Waals surface area contributed by atoms with Crippen LogP contribution in [0.15, 0.2) is 0 Å². The number of methoxy groups -OCH3 is 2. The van der Waals surface area contributed by atoms with Crippen molar-refractivity contribution in [2.24, 2.45) is 5.92 Å². The molecule has 7 saturated heterocycles. The molecule has 0 aromatic heterocycles. The molecule has 40 nitrogen and oxygen atoms in total. The van der Waals surface area contributed by atoms with Crippen LogP contribution in [0.5, 0.6) is 0 Å². The van der Waals surface area contributed by atoms with E-state index in [1.165, 1.54) is 7.11 Å². The van der Waals surface area contributed by atoms with Gasteiger partial charge in [0.2, 0.25) is 0 Å². The Morgan fingerprint density at radius 2 is 0.593 bits per heavy atom. The van der Waals surface area contributed by atoms with Gasteiger partial charge in [0.15, 0.2) is 44.0 Å². The summed E-state index contributed by atoms with van der Waals surface area (Å²) in [6.07, 6.45) is -74.5. The van der Waals surface area contributed by atoms with Gasteiger partial charge in [-0.25, -0.2) is 0 Å². The minimum atomic E-state index is -2.25. The number of hydrogen-bond acceptors (Lipinski definition) is 40. The van der Waals surface area contributed by atoms with E-state index in [1.54, 1.807) is 0 Å². The third-order valence-electron chi connectivity index (χ3n) is 17.5. The van der Waals surface area contributed by atoms with E-state index >= 15 is 0 Å². The predicted octanol–water partition coefficient (Wildman–Crippen LogP) is -16.5. The Morgan fingerprint density at radius 1 is 0.264 bits per heavy atom. The van der Waals surface area contributed by atoms with Crippen LogP contribution >= 0.6 is 0 Å². The van der Waals surface area contributed by atoms with Gasteiger partial charge in [-0.05, 0) is 6.42 Å². The molecule has 8 fully saturated rings. The Balaban J connectivity index is 0.981. The average molecular weight is 1340 g/mol. The Labute approximate surface area is 516 Å². The Bertz CT molecular complexity index is 2170. The molecule has 8 rings (SSSR count). The number of ether oxygens (including phenoxy) is 16. The molecule has 40 heteroatoms. The maximum Gasteiger partial charge on any atom is 0.187 e. The fourth-order valence-electron chi connectivity index (χ4n) is 11.9. The first-order valence-electron chi connectivity index (χ1n) is 29.3. The zero-order valence-electron chi connectivity index (χ0n) is 48.7. The van der Waals surface area contributed by atoms with E-state index in [0.717, 1.165) is 7.11 Å². The van der Waals surface area contributed by atoms with Gasteiger partial charge in [-0.15, -0.1) is 0 Å². The summed E-state index contributed by atoms with van der Waals surface area (Å²) >= 11 is 0. The van der Waals surface area contributed by atoms with Crippen LogP contribution in [-0.2, 0) is 75.8 Å². The molecule has 7 heterocycles. The molecule has 532 valence electrons. The summed E-state index contributed by atoms with van der Waals surface area (Å²) in [5.74, 6) is -1.16. The van der Waals surface area contributed by atoms with Crippen LogP contribution in [-0.4, -0.2) is 429 Å². The van der Waals surface area contributed by atoms with Gasteiger partial charge in [0.25, 0.3) is 0 Å². The van der Waals surface area contributed by atoms with Crippen LogP contribution in [0.2, 0.25) is 0 Å². The molecule has 0 spiro atoms. The smallest absolute Gasteiger partial charge is 0.187 e. The molecule has 0 aromatic rings. The second-order valence-electron chi connectivity index (χ2n) is 23.5. The van der Waals surface area contributed by atoms with Crippen molar-refractivity contribution in [2.75, 3.05) is 67.1 Å². The quantitative estimate of drug-likeness (QED) is 0.0427. The van der Waals surface area contributed by atoms with Gasteiger partial charge in [-0.3, -0.25) is 0 Å². The third kappa shape index (κ3) is 16.1. The molecule has 5 unspecified atom stereocenters. The standard InChI is InChI=1S/C51H88O40/c1-76-8-17-24(59)32(67)39(74)48(86-17)90-44-34(69)23(58)15(6-54)83-51(44)91-43-35(70)27(62)20(87-50(43)80-11-19-26(61)30(65)36(71)45(77-2)84-19)10-79-46-37(72)31(66)25(60)18(85-46)9-78-13-3-12(4-52)21(56)33(68)41(13)88-49-40(75)42(28(63)16(7-55)82-49)89-47-38(73)29(64)22(57)14(5-53)81-47/h12-75H,3-11H2,1-2H3/t12-,13+,14-,15+,16-,17+,18-,19+,20+,21-,22-,23+,24+,25+,26-,27+,28-,29+,30-,31?,32+,33+,34-,35?,36+,37-,38+,39-,40+,41-,42?,43-,44-,45-,46+,47-,48?,49-,50?,51+/m0/s1. The van der Waals surface area contributed by atoms with E-state index in [0.29, 0.717) is 0 Å². The van der Waals surface area contributed by atoms with Crippen molar-refractivity contribution >= 4 is 0 Å². The van der Waals surface area contributed by atoms with Crippen LogP contribution in [0.25, 0.3) is 0 Å². The van der Waals surface area contributed by atoms with Crippen LogP contribution < -0.4 is 0 Å². The van der Waals surface area contributed by atoms with E-state index in [2.05, 4.69) is 0 Å². The van der Waals surface area contributed by atoms with E-state index in [-0.39, 0.29) is 13.0 Å². The number of aliphatic hydroxyl groups excluding tert-OH is 24. The van der Waals surface area contributed by atoms with Gasteiger partial charge >= 0.3 is 0 Å². The molecule has 24 N–H and O–H groups in total. The summed E-state index contributed by atoms with van der Waals surface area (Å²) < 4.78 is 91.0. The highest BCUT2D eigenvalue weighted by Crippen LogP contribution is 2.38. The molecule has 40 atom stereocenters. The maximum atomic E-state index is 11.9. The van der Waals surface area contributed by atoms with Crippen molar-refractivity contribution in [3.8, 4) is 0 Å².